The van der Waals surface area contributed by atoms with Crippen LogP contribution in [0, 0.1) is 0 Å². The first-order valence-corrected chi connectivity index (χ1v) is 12.3. The molecule has 0 atom stereocenters. The molecule has 0 bridgehead atoms. The molecule has 0 saturated carbocycles. The second kappa shape index (κ2) is 9.97. The molecule has 0 N–H and O–H groups in total. The molecule has 0 spiro atoms. The summed E-state index contributed by atoms with van der Waals surface area (Å²) in [7, 11) is -2.44. The largest absolute Gasteiger partial charge is 0.497 e. The number of methoxy groups -OCH3 is 1. The number of sulfonamides is 1. The van der Waals surface area contributed by atoms with Crippen molar-refractivity contribution in [1.82, 2.24) is 4.31 Å². The Morgan fingerprint density at radius 1 is 0.971 bits per heavy atom. The highest BCUT2D eigenvalue weighted by molar-refractivity contribution is 7.89. The number of hydrogen-bond acceptors (Lipinski definition) is 6. The second-order valence-electron chi connectivity index (χ2n) is 7.73. The van der Waals surface area contributed by atoms with Gasteiger partial charge >= 0.3 is 5.97 Å². The van der Waals surface area contributed by atoms with Crippen molar-refractivity contribution in [2.75, 3.05) is 20.3 Å². The highest BCUT2D eigenvalue weighted by Gasteiger charge is 2.30. The molecule has 0 saturated heterocycles. The predicted molar refractivity (Wildman–Crippen MR) is 127 cm³/mol. The topological polar surface area (TPSA) is 90.0 Å². The van der Waals surface area contributed by atoms with Crippen LogP contribution in [0.5, 0.6) is 5.75 Å². The van der Waals surface area contributed by atoms with Gasteiger partial charge in [0.2, 0.25) is 10.0 Å². The summed E-state index contributed by atoms with van der Waals surface area (Å²) in [4.78, 5) is 24.7. The molecular formula is C25H22ClNO6S. The summed E-state index contributed by atoms with van der Waals surface area (Å²) in [6.45, 7) is 0.0410. The summed E-state index contributed by atoms with van der Waals surface area (Å²) >= 11 is 6.21. The van der Waals surface area contributed by atoms with Crippen molar-refractivity contribution in [3.05, 3.63) is 94.0 Å². The molecule has 0 aromatic heterocycles. The summed E-state index contributed by atoms with van der Waals surface area (Å²) in [5, 5.41) is 0.00437. The van der Waals surface area contributed by atoms with Gasteiger partial charge in [-0.05, 0) is 60.0 Å². The monoisotopic (exact) mass is 499 g/mol. The molecule has 34 heavy (non-hydrogen) atoms. The van der Waals surface area contributed by atoms with E-state index in [0.717, 1.165) is 11.1 Å². The van der Waals surface area contributed by atoms with Crippen LogP contribution in [-0.4, -0.2) is 44.7 Å². The van der Waals surface area contributed by atoms with Crippen molar-refractivity contribution in [1.29, 1.82) is 0 Å². The molecule has 0 fully saturated rings. The smallest absolute Gasteiger partial charge is 0.338 e. The zero-order valence-electron chi connectivity index (χ0n) is 18.4. The van der Waals surface area contributed by atoms with Crippen LogP contribution < -0.4 is 4.74 Å². The average molecular weight is 500 g/mol. The standard InChI is InChI=1S/C25H22ClNO6S/c1-32-21-9-6-18(7-10-21)23(28)16-33-25(29)19-8-11-22(26)24(14-19)34(30,31)27-13-12-17-4-2-3-5-20(17)15-27/h2-11,14H,12-13,15-16H2,1H3. The first kappa shape index (κ1) is 23.9. The third-order valence-corrected chi connectivity index (χ3v) is 7.95. The Morgan fingerprint density at radius 3 is 2.35 bits per heavy atom. The quantitative estimate of drug-likeness (QED) is 0.358. The first-order chi connectivity index (χ1) is 16.3. The minimum Gasteiger partial charge on any atom is -0.497 e. The zero-order chi connectivity index (χ0) is 24.3. The van der Waals surface area contributed by atoms with Crippen LogP contribution in [0.15, 0.2) is 71.6 Å². The molecule has 1 aliphatic heterocycles. The fourth-order valence-corrected chi connectivity index (χ4v) is 5.64. The number of carbonyl (C=O) groups excluding carboxylic acids is 2. The maximum atomic E-state index is 13.3. The van der Waals surface area contributed by atoms with E-state index in [0.29, 0.717) is 24.3 Å². The maximum Gasteiger partial charge on any atom is 0.338 e. The molecule has 0 unspecified atom stereocenters. The summed E-state index contributed by atoms with van der Waals surface area (Å²) in [5.74, 6) is -0.621. The van der Waals surface area contributed by atoms with Crippen LogP contribution in [0.4, 0.5) is 0 Å². The molecule has 3 aromatic rings. The number of rotatable bonds is 7. The number of benzene rings is 3. The predicted octanol–water partition coefficient (Wildman–Crippen LogP) is 4.14. The van der Waals surface area contributed by atoms with Gasteiger partial charge in [-0.3, -0.25) is 4.79 Å². The molecule has 4 rings (SSSR count). The van der Waals surface area contributed by atoms with Gasteiger partial charge in [-0.1, -0.05) is 35.9 Å². The van der Waals surface area contributed by atoms with Gasteiger partial charge in [-0.2, -0.15) is 4.31 Å². The highest BCUT2D eigenvalue weighted by Crippen LogP contribution is 2.30. The number of halogens is 1. The Balaban J connectivity index is 1.49. The van der Waals surface area contributed by atoms with Gasteiger partial charge in [0.1, 0.15) is 10.6 Å². The van der Waals surface area contributed by atoms with Crippen molar-refractivity contribution in [3.63, 3.8) is 0 Å². The fourth-order valence-electron chi connectivity index (χ4n) is 3.72. The van der Waals surface area contributed by atoms with Gasteiger partial charge in [-0.25, -0.2) is 13.2 Å². The lowest BCUT2D eigenvalue weighted by atomic mass is 10.0. The van der Waals surface area contributed by atoms with Gasteiger partial charge in [0.25, 0.3) is 0 Å². The van der Waals surface area contributed by atoms with Crippen LogP contribution in [0.25, 0.3) is 0 Å². The van der Waals surface area contributed by atoms with E-state index in [9.17, 15) is 18.0 Å². The second-order valence-corrected chi connectivity index (χ2v) is 10.0. The van der Waals surface area contributed by atoms with E-state index in [2.05, 4.69) is 0 Å². The molecule has 0 aliphatic carbocycles. The molecule has 176 valence electrons. The molecular weight excluding hydrogens is 478 g/mol. The average Bonchev–Trinajstić information content (AvgIpc) is 2.87. The normalized spacial score (nSPS) is 13.7. The Bertz CT molecular complexity index is 1340. The minimum absolute atomic E-state index is 0.00437. The Labute approximate surface area is 202 Å². The number of ketones is 1. The number of esters is 1. The molecule has 3 aromatic carbocycles. The van der Waals surface area contributed by atoms with Gasteiger partial charge < -0.3 is 9.47 Å². The number of carbonyl (C=O) groups is 2. The van der Waals surface area contributed by atoms with Crippen molar-refractivity contribution in [2.24, 2.45) is 0 Å². The number of Topliss-reactive ketones (excluding diaryl/α,β-unsaturated/α-hetero) is 1. The van der Waals surface area contributed by atoms with E-state index in [-0.39, 0.29) is 22.0 Å². The van der Waals surface area contributed by atoms with Gasteiger partial charge in [0.15, 0.2) is 12.4 Å². The highest BCUT2D eigenvalue weighted by atomic mass is 35.5. The third-order valence-electron chi connectivity index (χ3n) is 5.63. The Hall–Kier alpha value is -3.20. The van der Waals surface area contributed by atoms with Gasteiger partial charge in [-0.15, -0.1) is 0 Å². The van der Waals surface area contributed by atoms with E-state index >= 15 is 0 Å². The van der Waals surface area contributed by atoms with E-state index < -0.39 is 28.4 Å². The molecule has 0 amide bonds. The molecule has 1 aliphatic rings. The van der Waals surface area contributed by atoms with E-state index in [1.165, 1.54) is 29.6 Å². The Kier molecular flexibility index (Phi) is 7.02. The molecule has 1 heterocycles. The molecule has 7 nitrogen and oxygen atoms in total. The van der Waals surface area contributed by atoms with Crippen molar-refractivity contribution in [3.8, 4) is 5.75 Å². The molecule has 0 radical (unpaired) electrons. The van der Waals surface area contributed by atoms with Crippen molar-refractivity contribution in [2.45, 2.75) is 17.9 Å². The molecule has 9 heteroatoms. The number of nitrogens with zero attached hydrogens (tertiary/aromatic N) is 1. The van der Waals surface area contributed by atoms with Gasteiger partial charge in [0.05, 0.1) is 17.7 Å². The first-order valence-electron chi connectivity index (χ1n) is 10.5. The van der Waals surface area contributed by atoms with Crippen LogP contribution in [-0.2, 0) is 27.7 Å². The van der Waals surface area contributed by atoms with E-state index in [1.807, 2.05) is 24.3 Å². The van der Waals surface area contributed by atoms with E-state index in [1.54, 1.807) is 24.3 Å². The van der Waals surface area contributed by atoms with E-state index in [4.69, 9.17) is 21.1 Å². The summed E-state index contributed by atoms with van der Waals surface area (Å²) in [6.07, 6.45) is 0.586. The third kappa shape index (κ3) is 4.99. The fraction of sp³-hybridized carbons (Fsp3) is 0.200. The minimum atomic E-state index is -3.96. The Morgan fingerprint density at radius 2 is 1.65 bits per heavy atom. The lowest BCUT2D eigenvalue weighted by Gasteiger charge is -2.28. The van der Waals surface area contributed by atoms with Crippen molar-refractivity contribution >= 4 is 33.4 Å². The number of hydrogen-bond donors (Lipinski definition) is 0. The summed E-state index contributed by atoms with van der Waals surface area (Å²) in [5.41, 5.74) is 2.39. The van der Waals surface area contributed by atoms with Crippen LogP contribution in [0.2, 0.25) is 5.02 Å². The number of fused-ring (bicyclic) bond motifs is 1. The van der Waals surface area contributed by atoms with Gasteiger partial charge in [0, 0.05) is 18.7 Å². The summed E-state index contributed by atoms with van der Waals surface area (Å²) < 4.78 is 38.2. The number of ether oxygens (including phenoxy) is 2. The lowest BCUT2D eigenvalue weighted by molar-refractivity contribution is 0.0474. The van der Waals surface area contributed by atoms with Crippen LogP contribution in [0.1, 0.15) is 31.8 Å². The van der Waals surface area contributed by atoms with Crippen LogP contribution >= 0.6 is 11.6 Å². The summed E-state index contributed by atoms with van der Waals surface area (Å²) in [6, 6.07) is 18.0. The maximum absolute atomic E-state index is 13.3. The SMILES string of the molecule is COc1ccc(C(=O)COC(=O)c2ccc(Cl)c(S(=O)(=O)N3CCc4ccccc4C3)c2)cc1. The zero-order valence-corrected chi connectivity index (χ0v) is 19.9. The van der Waals surface area contributed by atoms with Crippen LogP contribution in [0.3, 0.4) is 0 Å². The lowest BCUT2D eigenvalue weighted by Crippen LogP contribution is -2.36. The van der Waals surface area contributed by atoms with Crippen molar-refractivity contribution < 1.29 is 27.5 Å².